The van der Waals surface area contributed by atoms with Gasteiger partial charge in [-0.1, -0.05) is 45.5 Å². The van der Waals surface area contributed by atoms with Crippen LogP contribution in [0.3, 0.4) is 0 Å². The van der Waals surface area contributed by atoms with Gasteiger partial charge in [-0.25, -0.2) is 0 Å². The average molecular weight is 503 g/mol. The fraction of sp³-hybridized carbons (Fsp3) is 0.429. The van der Waals surface area contributed by atoms with Crippen molar-refractivity contribution in [3.05, 3.63) is 46.5 Å². The quantitative estimate of drug-likeness (QED) is 0.483. The normalized spacial score (nSPS) is 25.3. The summed E-state index contributed by atoms with van der Waals surface area (Å²) in [4.78, 5) is 24.8. The fourth-order valence-electron chi connectivity index (χ4n) is 2.96. The molecule has 0 bridgehead atoms. The number of benzene rings is 1. The molecule has 9 heteroatoms. The standard InChI is InChI=1S/C21H22BrF3N2O2S/c1-13(2)11-17-19(29)26-18(14(3)28)12-30-10-4-9-20(27-17,21(23,24)25)15-5-7-16(22)8-6-15/h5-8,17-18,27H,1,10-12H2,2-3H3,(H,26,29)/t17-,18-,20-/m0/s1. The Bertz CT molecular complexity index is 877. The monoisotopic (exact) mass is 502 g/mol. The van der Waals surface area contributed by atoms with E-state index in [-0.39, 0.29) is 29.3 Å². The Balaban J connectivity index is 2.63. The molecule has 1 aromatic rings. The van der Waals surface area contributed by atoms with Crippen LogP contribution in [0.25, 0.3) is 0 Å². The SMILES string of the molecule is C=C(C)C[C@@H]1N[C@@](c2ccc(Br)cc2)(C(F)(F)F)C#CCSC[C@@H](C(C)=O)NC1=O. The summed E-state index contributed by atoms with van der Waals surface area (Å²) in [6.07, 6.45) is -4.86. The van der Waals surface area contributed by atoms with Crippen LogP contribution in [0.4, 0.5) is 13.2 Å². The van der Waals surface area contributed by atoms with Gasteiger partial charge in [0.25, 0.3) is 0 Å². The lowest BCUT2D eigenvalue weighted by atomic mass is 9.87. The van der Waals surface area contributed by atoms with Crippen LogP contribution in [0.2, 0.25) is 0 Å². The lowest BCUT2D eigenvalue weighted by Crippen LogP contribution is -2.61. The third-order valence-electron chi connectivity index (χ3n) is 4.50. The van der Waals surface area contributed by atoms with Crippen molar-refractivity contribution >= 4 is 39.4 Å². The second-order valence-corrected chi connectivity index (χ2v) is 9.05. The van der Waals surface area contributed by atoms with Gasteiger partial charge in [0.2, 0.25) is 11.4 Å². The highest BCUT2D eigenvalue weighted by atomic mass is 79.9. The second-order valence-electron chi connectivity index (χ2n) is 7.10. The average Bonchev–Trinajstić information content (AvgIpc) is 2.66. The lowest BCUT2D eigenvalue weighted by molar-refractivity contribution is -0.184. The summed E-state index contributed by atoms with van der Waals surface area (Å²) in [5.74, 6) is 4.29. The number of halogens is 4. The lowest BCUT2D eigenvalue weighted by Gasteiger charge is -2.36. The zero-order valence-corrected chi connectivity index (χ0v) is 18.9. The second kappa shape index (κ2) is 10.0. The molecule has 0 saturated carbocycles. The molecule has 1 aromatic carbocycles. The molecule has 0 saturated heterocycles. The number of rotatable bonds is 4. The number of hydrogen-bond donors (Lipinski definition) is 2. The number of nitrogens with one attached hydrogen (secondary N) is 2. The van der Waals surface area contributed by atoms with E-state index in [1.54, 1.807) is 6.92 Å². The zero-order chi connectivity index (χ0) is 22.5. The van der Waals surface area contributed by atoms with Crippen LogP contribution in [0, 0.1) is 11.8 Å². The molecule has 1 heterocycles. The van der Waals surface area contributed by atoms with Crippen molar-refractivity contribution in [1.82, 2.24) is 10.6 Å². The number of amides is 1. The highest BCUT2D eigenvalue weighted by Gasteiger charge is 2.57. The van der Waals surface area contributed by atoms with Crippen molar-refractivity contribution in [2.24, 2.45) is 0 Å². The van der Waals surface area contributed by atoms with Gasteiger partial charge in [0.1, 0.15) is 0 Å². The first-order valence-electron chi connectivity index (χ1n) is 9.09. The van der Waals surface area contributed by atoms with E-state index in [1.807, 2.05) is 0 Å². The van der Waals surface area contributed by atoms with E-state index in [2.05, 4.69) is 45.0 Å². The van der Waals surface area contributed by atoms with Gasteiger partial charge >= 0.3 is 6.18 Å². The minimum Gasteiger partial charge on any atom is -0.344 e. The van der Waals surface area contributed by atoms with E-state index in [4.69, 9.17) is 0 Å². The first kappa shape index (κ1) is 24.5. The third-order valence-corrected chi connectivity index (χ3v) is 5.95. The topological polar surface area (TPSA) is 58.2 Å². The number of carbonyl (C=O) groups excluding carboxylic acids is 2. The number of ketones is 1. The number of carbonyl (C=O) groups is 2. The van der Waals surface area contributed by atoms with Crippen LogP contribution in [-0.2, 0) is 15.1 Å². The van der Waals surface area contributed by atoms with Crippen LogP contribution in [0.15, 0.2) is 40.9 Å². The van der Waals surface area contributed by atoms with E-state index in [1.165, 1.54) is 43.0 Å². The number of hydrogen-bond acceptors (Lipinski definition) is 4. The Morgan fingerprint density at radius 3 is 2.50 bits per heavy atom. The molecule has 2 N–H and O–H groups in total. The van der Waals surface area contributed by atoms with E-state index < -0.39 is 29.7 Å². The van der Waals surface area contributed by atoms with Crippen molar-refractivity contribution in [3.8, 4) is 11.8 Å². The third kappa shape index (κ3) is 5.90. The summed E-state index contributed by atoms with van der Waals surface area (Å²) < 4.78 is 44.1. The summed E-state index contributed by atoms with van der Waals surface area (Å²) >= 11 is 4.42. The largest absolute Gasteiger partial charge is 0.422 e. The highest BCUT2D eigenvalue weighted by Crippen LogP contribution is 2.40. The maximum atomic E-state index is 14.5. The Hall–Kier alpha value is -1.76. The van der Waals surface area contributed by atoms with Crippen LogP contribution >= 0.6 is 27.7 Å². The predicted octanol–water partition coefficient (Wildman–Crippen LogP) is 3.96. The molecule has 3 atom stereocenters. The molecule has 4 nitrogen and oxygen atoms in total. The van der Waals surface area contributed by atoms with E-state index in [0.29, 0.717) is 10.0 Å². The van der Waals surface area contributed by atoms with Crippen molar-refractivity contribution in [3.63, 3.8) is 0 Å². The summed E-state index contributed by atoms with van der Waals surface area (Å²) in [6.45, 7) is 6.69. The van der Waals surface area contributed by atoms with Crippen molar-refractivity contribution in [1.29, 1.82) is 0 Å². The highest BCUT2D eigenvalue weighted by molar-refractivity contribution is 9.10. The van der Waals surface area contributed by atoms with Crippen LogP contribution in [0.1, 0.15) is 25.8 Å². The van der Waals surface area contributed by atoms with E-state index >= 15 is 0 Å². The first-order chi connectivity index (χ1) is 14.0. The minimum atomic E-state index is -4.82. The molecular formula is C21H22BrF3N2O2S. The van der Waals surface area contributed by atoms with Gasteiger partial charge in [0.15, 0.2) is 5.78 Å². The van der Waals surface area contributed by atoms with Crippen LogP contribution < -0.4 is 10.6 Å². The molecule has 0 radical (unpaired) electrons. The van der Waals surface area contributed by atoms with Gasteiger partial charge < -0.3 is 5.32 Å². The van der Waals surface area contributed by atoms with Crippen molar-refractivity contribution in [2.45, 2.75) is 44.1 Å². The molecule has 30 heavy (non-hydrogen) atoms. The minimum absolute atomic E-state index is 0.0420. The molecule has 0 aliphatic carbocycles. The summed E-state index contributed by atoms with van der Waals surface area (Å²) in [5, 5.41) is 5.05. The van der Waals surface area contributed by atoms with Gasteiger partial charge in [-0.05, 0) is 38.0 Å². The molecule has 1 aliphatic rings. The van der Waals surface area contributed by atoms with Crippen LogP contribution in [0.5, 0.6) is 0 Å². The maximum Gasteiger partial charge on any atom is 0.422 e. The molecule has 1 aliphatic heterocycles. The molecule has 0 fully saturated rings. The number of alkyl halides is 3. The molecule has 162 valence electrons. The molecular weight excluding hydrogens is 481 g/mol. The first-order valence-corrected chi connectivity index (χ1v) is 11.0. The van der Waals surface area contributed by atoms with Gasteiger partial charge in [0.05, 0.1) is 17.8 Å². The Labute approximate surface area is 186 Å². The zero-order valence-electron chi connectivity index (χ0n) is 16.5. The summed E-state index contributed by atoms with van der Waals surface area (Å²) in [5.41, 5.74) is -2.37. The maximum absolute atomic E-state index is 14.5. The van der Waals surface area contributed by atoms with Gasteiger partial charge in [-0.15, -0.1) is 18.3 Å². The predicted molar refractivity (Wildman–Crippen MR) is 116 cm³/mol. The van der Waals surface area contributed by atoms with Gasteiger partial charge in [-0.3, -0.25) is 14.9 Å². The fourth-order valence-corrected chi connectivity index (χ4v) is 4.07. The Morgan fingerprint density at radius 2 is 1.97 bits per heavy atom. The molecule has 0 aromatic heterocycles. The summed E-state index contributed by atoms with van der Waals surface area (Å²) in [6, 6.07) is 3.54. The van der Waals surface area contributed by atoms with Crippen LogP contribution in [-0.4, -0.2) is 41.5 Å². The van der Waals surface area contributed by atoms with Gasteiger partial charge in [0, 0.05) is 10.2 Å². The smallest absolute Gasteiger partial charge is 0.344 e. The molecule has 2 rings (SSSR count). The number of Topliss-reactive ketones (excluding diaryl/α,β-unsaturated/α-hetero) is 1. The van der Waals surface area contributed by atoms with E-state index in [0.717, 1.165) is 0 Å². The van der Waals surface area contributed by atoms with E-state index in [9.17, 15) is 22.8 Å². The number of thioether (sulfide) groups is 1. The molecule has 0 unspecified atom stereocenters. The Morgan fingerprint density at radius 1 is 1.33 bits per heavy atom. The van der Waals surface area contributed by atoms with Crippen molar-refractivity contribution in [2.75, 3.05) is 11.5 Å². The van der Waals surface area contributed by atoms with Gasteiger partial charge in [-0.2, -0.15) is 13.2 Å². The Kier molecular flexibility index (Phi) is 8.20. The molecule has 1 amide bonds. The molecule has 0 spiro atoms. The van der Waals surface area contributed by atoms with Crippen molar-refractivity contribution < 1.29 is 22.8 Å². The summed E-state index contributed by atoms with van der Waals surface area (Å²) in [7, 11) is 0.